The predicted octanol–water partition coefficient (Wildman–Crippen LogP) is 35.8. The van der Waals surface area contributed by atoms with Crippen LogP contribution >= 0.6 is 0 Å². The molecule has 0 saturated heterocycles. The zero-order valence-corrected chi connectivity index (χ0v) is 89.9. The smallest absolute Gasteiger partial charge is 0.164 e. The Labute approximate surface area is 819 Å². The number of fused-ring (bicyclic) bond motifs is 28. The number of aromatic nitrogens is 12. The molecule has 0 amide bonds. The minimum atomic E-state index is -0.0942. The second-order valence-corrected chi connectivity index (χ2v) is 51.5. The van der Waals surface area contributed by atoms with Crippen molar-refractivity contribution in [1.82, 2.24) is 59.8 Å². The minimum absolute atomic E-state index is 0.0660. The Balaban J connectivity index is 0.000000216. The van der Waals surface area contributed by atoms with Gasteiger partial charge in [0.2, 0.25) is 0 Å². The van der Waals surface area contributed by atoms with E-state index in [-0.39, 0.29) is 37.9 Å². The summed E-state index contributed by atoms with van der Waals surface area (Å²) >= 11 is 0. The molecule has 0 spiro atoms. The van der Waals surface area contributed by atoms with Crippen LogP contribution in [-0.4, -0.2) is 59.8 Å². The van der Waals surface area contributed by atoms with E-state index in [1.165, 1.54) is 44.5 Å². The average Bonchev–Trinajstić information content (AvgIpc) is 1.64. The molecule has 137 heavy (non-hydrogen) atoms. The number of aromatic amines is 4. The molecule has 6 aromatic heterocycles. The highest BCUT2D eigenvalue weighted by molar-refractivity contribution is 6.07. The number of H-pyrrole nitrogens is 4. The van der Waals surface area contributed by atoms with Crippen LogP contribution < -0.4 is 0 Å². The van der Waals surface area contributed by atoms with Crippen molar-refractivity contribution in [3.8, 4) is 90.1 Å². The summed E-state index contributed by atoms with van der Waals surface area (Å²) in [5.41, 5.74) is 34.6. The number of hydrogen-bond donors (Lipinski definition) is 4. The third kappa shape index (κ3) is 25.2. The standard InChI is InChI=1S/C73H88N4.C32H18N8.4C5H12/c1-43-31-44(33-48(32-43)67(2,3)4)63-55-23-25-57(74-55)64(45-34-49(68(5,6)7)40-50(35-45)69(8,9)10)59-27-29-61(76-59)66(47-38-53(72(17,18)19)42-54(39-47)73(20,21)22)62-30-28-60(77-62)65(58-26-24-56(63)75-58)46-36-51(70(11,12)13)41-52(37-46)71(14,15)16;1-2-10-18-17(9-1)25-33-26(18)38-28-21-13-5-6-14-22(21)30(35-28)40-32-24-16-8-7-15-23(24)31(36-32)39-29-20-12-4-3-11-19(20)27(34-29)37-25;4*1-5(2,3)4/h23-42,74,77H,1-22H3;1-16H,(H2,33,34,35,36,37,38,39,40);4*1-4H3. The molecule has 12 nitrogen and oxygen atoms in total. The summed E-state index contributed by atoms with van der Waals surface area (Å²) in [5.74, 6) is 2.39. The Morgan fingerprint density at radius 3 is 0.569 bits per heavy atom. The Bertz CT molecular complexity index is 6760. The van der Waals surface area contributed by atoms with E-state index in [0.717, 1.165) is 133 Å². The molecule has 0 aliphatic carbocycles. The number of hydrogen-bond acceptors (Lipinski definition) is 8. The molecule has 4 aliphatic heterocycles. The van der Waals surface area contributed by atoms with Crippen molar-refractivity contribution >= 4 is 90.5 Å². The van der Waals surface area contributed by atoms with Crippen LogP contribution in [0.5, 0.6) is 0 Å². The maximum atomic E-state index is 5.84. The first-order valence-corrected chi connectivity index (χ1v) is 49.2. The lowest BCUT2D eigenvalue weighted by Gasteiger charge is -2.26. The van der Waals surface area contributed by atoms with Gasteiger partial charge >= 0.3 is 0 Å². The zero-order valence-electron chi connectivity index (χ0n) is 89.9. The maximum absolute atomic E-state index is 5.84. The van der Waals surface area contributed by atoms with Gasteiger partial charge in [-0.2, -0.15) is 0 Å². The molecule has 0 fully saturated rings. The summed E-state index contributed by atoms with van der Waals surface area (Å²) in [6.07, 6.45) is 8.99. The van der Waals surface area contributed by atoms with E-state index in [4.69, 9.17) is 39.9 Å². The van der Waals surface area contributed by atoms with Crippen LogP contribution in [0.4, 0.5) is 0 Å². The summed E-state index contributed by atoms with van der Waals surface area (Å²) in [5, 5.41) is 3.82. The molecule has 714 valence electrons. The summed E-state index contributed by atoms with van der Waals surface area (Å²) in [6.45, 7) is 85.9. The highest BCUT2D eigenvalue weighted by Crippen LogP contribution is 2.47. The minimum Gasteiger partial charge on any atom is -0.354 e. The summed E-state index contributed by atoms with van der Waals surface area (Å²) in [6, 6.07) is 70.1. The van der Waals surface area contributed by atoms with Gasteiger partial charge in [0.1, 0.15) is 22.6 Å². The fourth-order valence-corrected chi connectivity index (χ4v) is 16.3. The van der Waals surface area contributed by atoms with E-state index in [1.54, 1.807) is 0 Å². The first-order valence-electron chi connectivity index (χ1n) is 49.2. The first-order chi connectivity index (χ1) is 63.2. The van der Waals surface area contributed by atoms with Crippen LogP contribution in [0.3, 0.4) is 0 Å². The molecule has 0 radical (unpaired) electrons. The van der Waals surface area contributed by atoms with Crippen molar-refractivity contribution in [3.05, 3.63) is 261 Å². The predicted molar refractivity (Wildman–Crippen MR) is 593 cm³/mol. The molecule has 16 bridgehead atoms. The Kier molecular flexibility index (Phi) is 28.3. The van der Waals surface area contributed by atoms with E-state index in [0.29, 0.717) is 67.5 Å². The number of benzene rings is 8. The number of aryl methyl sites for hydroxylation is 1. The number of rotatable bonds is 4. The molecule has 18 rings (SSSR count). The SMILES string of the molecule is CC(C)(C)C.CC(C)(C)C.CC(C)(C)C.CC(C)(C)C.Cc1cc(-c2c3nc(c(-c4cc(C(C)(C)C)cc(C(C)(C)C)c4)c4ccc([nH]4)c(-c4cc(C(C)(C)C)cc(C(C)(C)C)c4)c4nc(c(-c5cc(C(C)(C)C)cc(C(C)(C)C)c5)c5ccc2[nH]5)C=C4)C=C3)cc(C(C)(C)C)c1.c1ccc2c(c1)-c1nc-2nc2[nH]c(nc3nc(nc4[nH]c(n1)c1ccccc41)-c1ccccc1-3)c1ccccc21. The van der Waals surface area contributed by atoms with Crippen LogP contribution in [0, 0.1) is 28.6 Å². The van der Waals surface area contributed by atoms with Gasteiger partial charge in [0.15, 0.2) is 23.3 Å². The fraction of sp³-hybridized carbons (Fsp3) is 0.392. The van der Waals surface area contributed by atoms with Gasteiger partial charge in [-0.25, -0.2) is 39.9 Å². The Morgan fingerprint density at radius 2 is 0.372 bits per heavy atom. The van der Waals surface area contributed by atoms with Gasteiger partial charge in [-0.05, 0) is 176 Å². The molecule has 14 aromatic rings. The highest BCUT2D eigenvalue weighted by Gasteiger charge is 2.31. The topological polar surface area (TPSA) is 166 Å². The summed E-state index contributed by atoms with van der Waals surface area (Å²) in [7, 11) is 0. The molecule has 12 heteroatoms. The van der Waals surface area contributed by atoms with Gasteiger partial charge in [-0.15, -0.1) is 0 Å². The first kappa shape index (κ1) is 102. The van der Waals surface area contributed by atoms with E-state index < -0.39 is 0 Å². The van der Waals surface area contributed by atoms with Crippen molar-refractivity contribution in [3.63, 3.8) is 0 Å². The fourth-order valence-electron chi connectivity index (χ4n) is 16.3. The summed E-state index contributed by atoms with van der Waals surface area (Å²) < 4.78 is 0. The lowest BCUT2D eigenvalue weighted by atomic mass is 9.78. The molecule has 10 heterocycles. The van der Waals surface area contributed by atoms with Gasteiger partial charge in [0, 0.05) is 88.1 Å². The van der Waals surface area contributed by atoms with Crippen molar-refractivity contribution in [2.75, 3.05) is 0 Å². The molecule has 4 N–H and O–H groups in total. The molecule has 4 aliphatic rings. The highest BCUT2D eigenvalue weighted by atomic mass is 15.1. The van der Waals surface area contributed by atoms with Gasteiger partial charge in [-0.3, -0.25) is 0 Å². The Morgan fingerprint density at radius 1 is 0.190 bits per heavy atom. The van der Waals surface area contributed by atoms with Crippen molar-refractivity contribution < 1.29 is 0 Å². The van der Waals surface area contributed by atoms with Crippen LogP contribution in [0.15, 0.2) is 194 Å². The van der Waals surface area contributed by atoms with Crippen molar-refractivity contribution in [2.24, 2.45) is 21.7 Å². The monoisotopic (exact) mass is 1820 g/mol. The second-order valence-electron chi connectivity index (χ2n) is 51.5. The third-order valence-corrected chi connectivity index (χ3v) is 23.3. The molecule has 8 aromatic carbocycles. The van der Waals surface area contributed by atoms with Crippen LogP contribution in [0.1, 0.15) is 323 Å². The van der Waals surface area contributed by atoms with Crippen LogP contribution in [0.2, 0.25) is 0 Å². The summed E-state index contributed by atoms with van der Waals surface area (Å²) in [4.78, 5) is 56.6. The van der Waals surface area contributed by atoms with Crippen LogP contribution in [-0.2, 0) is 37.9 Å². The zero-order chi connectivity index (χ0) is 101. The number of nitrogens with zero attached hydrogens (tertiary/aromatic N) is 8. The largest absolute Gasteiger partial charge is 0.354 e. The van der Waals surface area contributed by atoms with E-state index in [9.17, 15) is 0 Å². The van der Waals surface area contributed by atoms with Gasteiger partial charge in [0.05, 0.1) is 22.8 Å². The lowest BCUT2D eigenvalue weighted by molar-refractivity contribution is 0.469. The van der Waals surface area contributed by atoms with Crippen molar-refractivity contribution in [2.45, 2.75) is 301 Å². The second kappa shape index (κ2) is 37.9. The molecule has 0 atom stereocenters. The normalized spacial score (nSPS) is 13.0. The van der Waals surface area contributed by atoms with Crippen molar-refractivity contribution in [1.29, 1.82) is 0 Å². The van der Waals surface area contributed by atoms with Gasteiger partial charge in [0.25, 0.3) is 0 Å². The average molecular weight is 1820 g/mol. The maximum Gasteiger partial charge on any atom is 0.164 e. The quantitative estimate of drug-likeness (QED) is 0.135. The lowest BCUT2D eigenvalue weighted by Crippen LogP contribution is -2.16. The van der Waals surface area contributed by atoms with Gasteiger partial charge in [-0.1, -0.05) is 432 Å². The van der Waals surface area contributed by atoms with Crippen LogP contribution in [0.25, 0.3) is 181 Å². The third-order valence-electron chi connectivity index (χ3n) is 23.3. The van der Waals surface area contributed by atoms with Gasteiger partial charge < -0.3 is 19.9 Å². The number of nitrogens with one attached hydrogen (secondary N) is 4. The van der Waals surface area contributed by atoms with E-state index >= 15 is 0 Å². The van der Waals surface area contributed by atoms with E-state index in [2.05, 4.69) is 404 Å². The molecule has 0 unspecified atom stereocenters. The molecule has 0 saturated carbocycles. The van der Waals surface area contributed by atoms with E-state index in [1.807, 2.05) is 97.1 Å². The molecular formula is C125H154N12. The molecular weight excluding hydrogens is 1670 g/mol. The Hall–Kier alpha value is -12.3.